The number of hydrogen-bond acceptors (Lipinski definition) is 4. The quantitative estimate of drug-likeness (QED) is 0.931. The third-order valence-electron chi connectivity index (χ3n) is 3.63. The van der Waals surface area contributed by atoms with Gasteiger partial charge >= 0.3 is 0 Å². The van der Waals surface area contributed by atoms with Crippen molar-refractivity contribution in [2.75, 3.05) is 19.6 Å². The van der Waals surface area contributed by atoms with Crippen LogP contribution in [0.3, 0.4) is 0 Å². The van der Waals surface area contributed by atoms with Gasteiger partial charge in [-0.05, 0) is 24.6 Å². The Labute approximate surface area is 137 Å². The molecule has 2 amide bonds. The van der Waals surface area contributed by atoms with E-state index in [2.05, 4.69) is 10.3 Å². The molecule has 0 bridgehead atoms. The van der Waals surface area contributed by atoms with Crippen LogP contribution < -0.4 is 5.32 Å². The third-order valence-corrected chi connectivity index (χ3v) is 4.77. The van der Waals surface area contributed by atoms with E-state index >= 15 is 0 Å². The Kier molecular flexibility index (Phi) is 4.38. The van der Waals surface area contributed by atoms with E-state index in [0.29, 0.717) is 30.1 Å². The second-order valence-electron chi connectivity index (χ2n) is 5.40. The topological polar surface area (TPSA) is 62.3 Å². The number of hydrogen-bond donors (Lipinski definition) is 1. The molecule has 0 saturated carbocycles. The molecule has 5 nitrogen and oxygen atoms in total. The van der Waals surface area contributed by atoms with Gasteiger partial charge in [-0.25, -0.2) is 9.37 Å². The van der Waals surface area contributed by atoms with Gasteiger partial charge in [-0.3, -0.25) is 9.59 Å². The van der Waals surface area contributed by atoms with Crippen LogP contribution in [0, 0.1) is 12.7 Å². The van der Waals surface area contributed by atoms with Gasteiger partial charge in [-0.15, -0.1) is 11.3 Å². The summed E-state index contributed by atoms with van der Waals surface area (Å²) in [5.74, 6) is -0.568. The summed E-state index contributed by atoms with van der Waals surface area (Å²) in [6, 6.07) is 6.24. The maximum absolute atomic E-state index is 12.9. The lowest BCUT2D eigenvalue weighted by Crippen LogP contribution is -2.49. The SMILES string of the molecule is Cc1nc(Cc2ccc(F)cc2)sc1C(=O)N1CCNC(=O)C1. The highest BCUT2D eigenvalue weighted by Gasteiger charge is 2.25. The number of thiazole rings is 1. The van der Waals surface area contributed by atoms with Crippen LogP contribution in [0.2, 0.25) is 0 Å². The Bertz CT molecular complexity index is 742. The molecule has 120 valence electrons. The second kappa shape index (κ2) is 6.45. The number of rotatable bonds is 3. The fraction of sp³-hybridized carbons (Fsp3) is 0.312. The molecule has 1 aromatic heterocycles. The van der Waals surface area contributed by atoms with Crippen LogP contribution in [-0.2, 0) is 11.2 Å². The number of aromatic nitrogens is 1. The number of piperazine rings is 1. The maximum Gasteiger partial charge on any atom is 0.266 e. The number of halogens is 1. The number of carbonyl (C=O) groups is 2. The number of carbonyl (C=O) groups excluding carboxylic acids is 2. The van der Waals surface area contributed by atoms with Crippen LogP contribution in [0.5, 0.6) is 0 Å². The van der Waals surface area contributed by atoms with E-state index in [1.165, 1.54) is 23.5 Å². The van der Waals surface area contributed by atoms with Crippen LogP contribution in [0.1, 0.15) is 25.9 Å². The largest absolute Gasteiger partial charge is 0.353 e. The molecule has 0 unspecified atom stereocenters. The van der Waals surface area contributed by atoms with Gasteiger partial charge in [0.25, 0.3) is 5.91 Å². The molecule has 3 rings (SSSR count). The highest BCUT2D eigenvalue weighted by molar-refractivity contribution is 7.13. The van der Waals surface area contributed by atoms with Crippen molar-refractivity contribution in [2.24, 2.45) is 0 Å². The van der Waals surface area contributed by atoms with Crippen LogP contribution in [0.4, 0.5) is 4.39 Å². The Morgan fingerprint density at radius 3 is 2.83 bits per heavy atom. The van der Waals surface area contributed by atoms with Crippen molar-refractivity contribution in [2.45, 2.75) is 13.3 Å². The Hall–Kier alpha value is -2.28. The van der Waals surface area contributed by atoms with Gasteiger partial charge < -0.3 is 10.2 Å². The van der Waals surface area contributed by atoms with E-state index < -0.39 is 0 Å². The molecule has 1 saturated heterocycles. The molecule has 1 aliphatic heterocycles. The molecular formula is C16H16FN3O2S. The molecule has 7 heteroatoms. The maximum atomic E-state index is 12.9. The fourth-order valence-corrected chi connectivity index (χ4v) is 3.53. The van der Waals surface area contributed by atoms with Crippen molar-refractivity contribution in [3.63, 3.8) is 0 Å². The lowest BCUT2D eigenvalue weighted by molar-refractivity contribution is -0.123. The average Bonchev–Trinajstić information content (AvgIpc) is 2.89. The first kappa shape index (κ1) is 15.6. The predicted octanol–water partition coefficient (Wildman–Crippen LogP) is 1.75. The fourth-order valence-electron chi connectivity index (χ4n) is 2.46. The molecule has 2 heterocycles. The first-order valence-electron chi connectivity index (χ1n) is 7.29. The normalized spacial score (nSPS) is 14.7. The van der Waals surface area contributed by atoms with Crippen molar-refractivity contribution in [3.8, 4) is 0 Å². The van der Waals surface area contributed by atoms with Gasteiger partial charge in [0.1, 0.15) is 10.7 Å². The van der Waals surface area contributed by atoms with E-state index in [4.69, 9.17) is 0 Å². The van der Waals surface area contributed by atoms with E-state index in [1.807, 2.05) is 0 Å². The van der Waals surface area contributed by atoms with E-state index in [1.54, 1.807) is 24.0 Å². The zero-order valence-electron chi connectivity index (χ0n) is 12.6. The first-order chi connectivity index (χ1) is 11.0. The molecule has 0 spiro atoms. The summed E-state index contributed by atoms with van der Waals surface area (Å²) in [5.41, 5.74) is 1.61. The van der Waals surface area contributed by atoms with E-state index in [-0.39, 0.29) is 24.2 Å². The molecule has 0 aliphatic carbocycles. The second-order valence-corrected chi connectivity index (χ2v) is 6.49. The highest BCUT2D eigenvalue weighted by atomic mass is 32.1. The smallest absolute Gasteiger partial charge is 0.266 e. The molecular weight excluding hydrogens is 317 g/mol. The summed E-state index contributed by atoms with van der Waals surface area (Å²) in [7, 11) is 0. The molecule has 1 aliphatic rings. The summed E-state index contributed by atoms with van der Waals surface area (Å²) >= 11 is 1.33. The number of nitrogens with zero attached hydrogens (tertiary/aromatic N) is 2. The van der Waals surface area contributed by atoms with Crippen LogP contribution >= 0.6 is 11.3 Å². The third kappa shape index (κ3) is 3.56. The summed E-state index contributed by atoms with van der Waals surface area (Å²) in [6.07, 6.45) is 0.555. The summed E-state index contributed by atoms with van der Waals surface area (Å²) in [4.78, 5) is 30.5. The zero-order valence-corrected chi connectivity index (χ0v) is 13.5. The van der Waals surface area contributed by atoms with Crippen molar-refractivity contribution < 1.29 is 14.0 Å². The molecule has 2 aromatic rings. The Morgan fingerprint density at radius 1 is 1.39 bits per heavy atom. The minimum Gasteiger partial charge on any atom is -0.353 e. The van der Waals surface area contributed by atoms with Crippen LogP contribution in [0.15, 0.2) is 24.3 Å². The van der Waals surface area contributed by atoms with Gasteiger partial charge in [-0.1, -0.05) is 12.1 Å². The molecule has 1 fully saturated rings. The van der Waals surface area contributed by atoms with Gasteiger partial charge in [0.15, 0.2) is 0 Å². The van der Waals surface area contributed by atoms with Crippen molar-refractivity contribution in [1.82, 2.24) is 15.2 Å². The van der Waals surface area contributed by atoms with Crippen LogP contribution in [-0.4, -0.2) is 41.3 Å². The predicted molar refractivity (Wildman–Crippen MR) is 85.0 cm³/mol. The van der Waals surface area contributed by atoms with Gasteiger partial charge in [0.05, 0.1) is 17.2 Å². The number of nitrogens with one attached hydrogen (secondary N) is 1. The number of aryl methyl sites for hydroxylation is 1. The van der Waals surface area contributed by atoms with Crippen molar-refractivity contribution in [1.29, 1.82) is 0 Å². The van der Waals surface area contributed by atoms with Crippen molar-refractivity contribution in [3.05, 3.63) is 51.2 Å². The molecule has 1 aromatic carbocycles. The van der Waals surface area contributed by atoms with E-state index in [9.17, 15) is 14.0 Å². The summed E-state index contributed by atoms with van der Waals surface area (Å²) in [6.45, 7) is 2.87. The average molecular weight is 333 g/mol. The zero-order chi connectivity index (χ0) is 16.4. The van der Waals surface area contributed by atoms with Gasteiger partial charge in [0.2, 0.25) is 5.91 Å². The minimum absolute atomic E-state index is 0.0868. The van der Waals surface area contributed by atoms with Gasteiger partial charge in [-0.2, -0.15) is 0 Å². The Morgan fingerprint density at radius 2 is 2.13 bits per heavy atom. The number of amides is 2. The molecule has 0 atom stereocenters. The number of benzene rings is 1. The standard InChI is InChI=1S/C16H16FN3O2S/c1-10-15(16(22)20-7-6-18-13(21)9-20)23-14(19-10)8-11-2-4-12(17)5-3-11/h2-5H,6-9H2,1H3,(H,18,21). The molecule has 23 heavy (non-hydrogen) atoms. The molecule has 0 radical (unpaired) electrons. The van der Waals surface area contributed by atoms with Gasteiger partial charge in [0, 0.05) is 19.5 Å². The van der Waals surface area contributed by atoms with Crippen LogP contribution in [0.25, 0.3) is 0 Å². The highest BCUT2D eigenvalue weighted by Crippen LogP contribution is 2.23. The summed E-state index contributed by atoms with van der Waals surface area (Å²) in [5, 5.41) is 3.50. The monoisotopic (exact) mass is 333 g/mol. The summed E-state index contributed by atoms with van der Waals surface area (Å²) < 4.78 is 12.9. The van der Waals surface area contributed by atoms with E-state index in [0.717, 1.165) is 10.6 Å². The minimum atomic E-state index is -0.275. The van der Waals surface area contributed by atoms with Crippen molar-refractivity contribution >= 4 is 23.2 Å². The lowest BCUT2D eigenvalue weighted by atomic mass is 10.1. The Balaban J connectivity index is 1.76. The molecule has 1 N–H and O–H groups in total. The first-order valence-corrected chi connectivity index (χ1v) is 8.11. The lowest BCUT2D eigenvalue weighted by Gasteiger charge is -2.26.